The molecule has 0 bridgehead atoms. The van der Waals surface area contributed by atoms with E-state index in [9.17, 15) is 4.79 Å². The summed E-state index contributed by atoms with van der Waals surface area (Å²) in [4.78, 5) is 19.7. The van der Waals surface area contributed by atoms with Gasteiger partial charge in [-0.05, 0) is 49.0 Å². The largest absolute Gasteiger partial charge is 0.351 e. The second-order valence-electron chi connectivity index (χ2n) is 9.17. The van der Waals surface area contributed by atoms with Gasteiger partial charge in [-0.2, -0.15) is 0 Å². The van der Waals surface area contributed by atoms with Gasteiger partial charge in [0.25, 0.3) is 0 Å². The highest BCUT2D eigenvalue weighted by atomic mass is 32.2. The summed E-state index contributed by atoms with van der Waals surface area (Å²) in [5, 5.41) is 12.8. The van der Waals surface area contributed by atoms with Crippen molar-refractivity contribution in [1.29, 1.82) is 0 Å². The fraction of sp³-hybridized carbons (Fsp3) is 0.462. The highest BCUT2D eigenvalue weighted by Crippen LogP contribution is 2.29. The Balaban J connectivity index is 1.52. The van der Waals surface area contributed by atoms with Crippen LogP contribution in [0.25, 0.3) is 0 Å². The van der Waals surface area contributed by atoms with Crippen LogP contribution in [-0.4, -0.2) is 48.9 Å². The lowest BCUT2D eigenvalue weighted by Gasteiger charge is -2.26. The monoisotopic (exact) mass is 478 g/mol. The van der Waals surface area contributed by atoms with Crippen molar-refractivity contribution >= 4 is 17.7 Å². The number of benzene rings is 1. The third-order valence-corrected chi connectivity index (χ3v) is 7.60. The van der Waals surface area contributed by atoms with Crippen molar-refractivity contribution in [2.24, 2.45) is 5.92 Å². The van der Waals surface area contributed by atoms with Crippen molar-refractivity contribution in [3.8, 4) is 0 Å². The Bertz CT molecular complexity index is 1030. The van der Waals surface area contributed by atoms with E-state index < -0.39 is 0 Å². The number of hydrogen-bond acceptors (Lipinski definition) is 6. The minimum absolute atomic E-state index is 0.00990. The van der Waals surface area contributed by atoms with Crippen LogP contribution in [0.4, 0.5) is 0 Å². The molecule has 1 aromatic carbocycles. The van der Waals surface area contributed by atoms with Gasteiger partial charge in [0.05, 0.1) is 18.3 Å². The molecule has 0 saturated carbocycles. The first-order chi connectivity index (χ1) is 16.6. The molecule has 8 heteroatoms. The summed E-state index contributed by atoms with van der Waals surface area (Å²) in [5.74, 6) is 1.12. The zero-order chi connectivity index (χ0) is 23.8. The summed E-state index contributed by atoms with van der Waals surface area (Å²) in [7, 11) is 0. The van der Waals surface area contributed by atoms with E-state index in [1.54, 1.807) is 12.4 Å². The lowest BCUT2D eigenvalue weighted by molar-refractivity contribution is -0.121. The number of carbonyl (C=O) groups excluding carboxylic acids is 1. The first-order valence-electron chi connectivity index (χ1n) is 12.1. The average Bonchev–Trinajstić information content (AvgIpc) is 3.23. The average molecular weight is 479 g/mol. The molecule has 7 nitrogen and oxygen atoms in total. The molecular formula is C26H34N6OS. The molecule has 1 N–H and O–H groups in total. The number of amides is 1. The number of pyridine rings is 1. The smallest absolute Gasteiger partial charge is 0.234 e. The molecule has 34 heavy (non-hydrogen) atoms. The standard InChI is InChI=1S/C26H34N6OS/c1-20(2)24(25(33)28-17-22-12-9-13-27-16-22)34-26-30-29-23(19-31-14-7-4-8-15-31)32(26)18-21-10-5-3-6-11-21/h3,5-6,9-13,16,20,24H,4,7-8,14-15,17-19H2,1-2H3,(H,28,33). The lowest BCUT2D eigenvalue weighted by atomic mass is 10.1. The van der Waals surface area contributed by atoms with Crippen LogP contribution in [0.15, 0.2) is 60.0 Å². The van der Waals surface area contributed by atoms with E-state index in [2.05, 4.69) is 68.1 Å². The number of rotatable bonds is 10. The molecule has 1 aliphatic heterocycles. The van der Waals surface area contributed by atoms with Gasteiger partial charge in [0.2, 0.25) is 5.91 Å². The van der Waals surface area contributed by atoms with Crippen LogP contribution in [0, 0.1) is 5.92 Å². The van der Waals surface area contributed by atoms with Crippen molar-refractivity contribution in [1.82, 2.24) is 30.0 Å². The highest BCUT2D eigenvalue weighted by Gasteiger charge is 2.27. The minimum Gasteiger partial charge on any atom is -0.351 e. The zero-order valence-electron chi connectivity index (χ0n) is 20.1. The molecule has 180 valence electrons. The van der Waals surface area contributed by atoms with E-state index in [1.165, 1.54) is 36.6 Å². The zero-order valence-corrected chi connectivity index (χ0v) is 20.9. The molecule has 1 unspecified atom stereocenters. The van der Waals surface area contributed by atoms with E-state index in [-0.39, 0.29) is 17.1 Å². The van der Waals surface area contributed by atoms with Gasteiger partial charge in [-0.25, -0.2) is 0 Å². The van der Waals surface area contributed by atoms with Gasteiger partial charge in [-0.15, -0.1) is 10.2 Å². The third-order valence-electron chi connectivity index (χ3n) is 6.08. The van der Waals surface area contributed by atoms with E-state index in [0.29, 0.717) is 13.1 Å². The van der Waals surface area contributed by atoms with E-state index in [0.717, 1.165) is 36.2 Å². The Morgan fingerprint density at radius 1 is 1.00 bits per heavy atom. The summed E-state index contributed by atoms with van der Waals surface area (Å²) >= 11 is 1.51. The van der Waals surface area contributed by atoms with Crippen LogP contribution in [0.3, 0.4) is 0 Å². The maximum Gasteiger partial charge on any atom is 0.234 e. The number of likely N-dealkylation sites (tertiary alicyclic amines) is 1. The summed E-state index contributed by atoms with van der Waals surface area (Å²) in [5.41, 5.74) is 2.19. The maximum atomic E-state index is 13.1. The van der Waals surface area contributed by atoms with Crippen molar-refractivity contribution in [3.63, 3.8) is 0 Å². The number of aromatic nitrogens is 4. The minimum atomic E-state index is -0.266. The molecule has 1 amide bonds. The molecule has 3 aromatic rings. The fourth-order valence-electron chi connectivity index (χ4n) is 4.16. The van der Waals surface area contributed by atoms with Gasteiger partial charge in [0.1, 0.15) is 5.82 Å². The number of piperidine rings is 1. The topological polar surface area (TPSA) is 75.9 Å². The van der Waals surface area contributed by atoms with Crippen LogP contribution in [0.2, 0.25) is 0 Å². The predicted molar refractivity (Wildman–Crippen MR) is 135 cm³/mol. The van der Waals surface area contributed by atoms with Crippen LogP contribution >= 0.6 is 11.8 Å². The van der Waals surface area contributed by atoms with Crippen molar-refractivity contribution < 1.29 is 4.79 Å². The summed E-state index contributed by atoms with van der Waals surface area (Å²) < 4.78 is 2.19. The van der Waals surface area contributed by atoms with E-state index >= 15 is 0 Å². The second kappa shape index (κ2) is 12.1. The van der Waals surface area contributed by atoms with Crippen LogP contribution in [0.5, 0.6) is 0 Å². The molecule has 1 aliphatic rings. The Hall–Kier alpha value is -2.71. The van der Waals surface area contributed by atoms with Crippen LogP contribution in [0.1, 0.15) is 50.1 Å². The van der Waals surface area contributed by atoms with Gasteiger partial charge in [0, 0.05) is 18.9 Å². The number of nitrogens with one attached hydrogen (secondary N) is 1. The first kappa shape index (κ1) is 24.4. The van der Waals surface area contributed by atoms with E-state index in [4.69, 9.17) is 0 Å². The second-order valence-corrected chi connectivity index (χ2v) is 10.3. The van der Waals surface area contributed by atoms with Gasteiger partial charge >= 0.3 is 0 Å². The molecule has 1 saturated heterocycles. The Morgan fingerprint density at radius 3 is 2.47 bits per heavy atom. The molecule has 1 atom stereocenters. The van der Waals surface area contributed by atoms with E-state index in [1.807, 2.05) is 18.2 Å². The Morgan fingerprint density at radius 2 is 1.76 bits per heavy atom. The van der Waals surface area contributed by atoms with Crippen LogP contribution in [-0.2, 0) is 24.4 Å². The maximum absolute atomic E-state index is 13.1. The number of carbonyl (C=O) groups is 1. The quantitative estimate of drug-likeness (QED) is 0.442. The molecule has 4 rings (SSSR count). The summed E-state index contributed by atoms with van der Waals surface area (Å²) in [6.07, 6.45) is 7.29. The van der Waals surface area contributed by atoms with Gasteiger partial charge in [-0.3, -0.25) is 14.7 Å². The lowest BCUT2D eigenvalue weighted by Crippen LogP contribution is -2.35. The van der Waals surface area contributed by atoms with Gasteiger partial charge in [-0.1, -0.05) is 68.4 Å². The fourth-order valence-corrected chi connectivity index (χ4v) is 5.24. The number of thioether (sulfide) groups is 1. The molecular weight excluding hydrogens is 444 g/mol. The molecule has 0 spiro atoms. The molecule has 3 heterocycles. The molecule has 0 radical (unpaired) electrons. The van der Waals surface area contributed by atoms with Gasteiger partial charge in [0.15, 0.2) is 5.16 Å². The molecule has 1 fully saturated rings. The van der Waals surface area contributed by atoms with Crippen molar-refractivity contribution in [2.75, 3.05) is 13.1 Å². The van der Waals surface area contributed by atoms with Crippen molar-refractivity contribution in [2.45, 2.75) is 63.2 Å². The Labute approximate surface area is 206 Å². The predicted octanol–water partition coefficient (Wildman–Crippen LogP) is 4.14. The van der Waals surface area contributed by atoms with Crippen molar-refractivity contribution in [3.05, 3.63) is 71.8 Å². The van der Waals surface area contributed by atoms with Gasteiger partial charge < -0.3 is 9.88 Å². The molecule has 2 aromatic heterocycles. The normalized spacial score (nSPS) is 15.4. The first-order valence-corrected chi connectivity index (χ1v) is 13.0. The third kappa shape index (κ3) is 6.67. The summed E-state index contributed by atoms with van der Waals surface area (Å²) in [6.45, 7) is 8.31. The number of nitrogens with zero attached hydrogens (tertiary/aromatic N) is 5. The SMILES string of the molecule is CC(C)C(Sc1nnc(CN2CCCCC2)n1Cc1ccccc1)C(=O)NCc1cccnc1. The highest BCUT2D eigenvalue weighted by molar-refractivity contribution is 8.00. The number of hydrogen-bond donors (Lipinski definition) is 1. The summed E-state index contributed by atoms with van der Waals surface area (Å²) in [6, 6.07) is 14.2. The molecule has 0 aliphatic carbocycles. The Kier molecular flexibility index (Phi) is 8.71. The van der Waals surface area contributed by atoms with Crippen LogP contribution < -0.4 is 5.32 Å².